The Morgan fingerprint density at radius 2 is 1.94 bits per heavy atom. The number of hydrogen-bond donors (Lipinski definition) is 2. The molecule has 1 aromatic heterocycles. The summed E-state index contributed by atoms with van der Waals surface area (Å²) in [6.45, 7) is 2.59. The number of nitrogens with one attached hydrogen (secondary N) is 1. The van der Waals surface area contributed by atoms with E-state index in [2.05, 4.69) is 10.3 Å². The molecule has 1 aliphatic carbocycles. The number of nitrogens with zero attached hydrogens (tertiary/aromatic N) is 1. The van der Waals surface area contributed by atoms with Crippen molar-refractivity contribution >= 4 is 16.6 Å². The fraction of sp³-hybridized carbons (Fsp3) is 0.348. The van der Waals surface area contributed by atoms with Gasteiger partial charge in [0.2, 0.25) is 0 Å². The number of halogens is 4. The fourth-order valence-corrected chi connectivity index (χ4v) is 4.81. The average Bonchev–Trinajstić information content (AvgIpc) is 2.72. The summed E-state index contributed by atoms with van der Waals surface area (Å²) in [5.41, 5.74) is -3.94. The van der Waals surface area contributed by atoms with Crippen molar-refractivity contribution in [2.24, 2.45) is 5.92 Å². The molecule has 2 aromatic carbocycles. The number of ether oxygens (including phenoxy) is 1. The van der Waals surface area contributed by atoms with E-state index in [-0.39, 0.29) is 17.7 Å². The molecule has 31 heavy (non-hydrogen) atoms. The minimum absolute atomic E-state index is 0.00293. The number of pyridine rings is 1. The highest BCUT2D eigenvalue weighted by molar-refractivity contribution is 5.91. The summed E-state index contributed by atoms with van der Waals surface area (Å²) in [6, 6.07) is 10.6. The van der Waals surface area contributed by atoms with Gasteiger partial charge in [-0.3, -0.25) is 4.98 Å². The smallest absolute Gasteiger partial charge is 0.420 e. The molecule has 1 heterocycles. The third-order valence-electron chi connectivity index (χ3n) is 6.38. The van der Waals surface area contributed by atoms with Gasteiger partial charge in [0.05, 0.1) is 18.2 Å². The number of aliphatic hydroxyl groups is 1. The molecule has 4 rings (SSSR count). The lowest BCUT2D eigenvalue weighted by atomic mass is 9.61. The van der Waals surface area contributed by atoms with Gasteiger partial charge in [0, 0.05) is 34.8 Å². The summed E-state index contributed by atoms with van der Waals surface area (Å²) in [5.74, 6) is -1.83. The third kappa shape index (κ3) is 3.04. The largest absolute Gasteiger partial charge is 0.496 e. The highest BCUT2D eigenvalue weighted by atomic mass is 19.4. The van der Waals surface area contributed by atoms with E-state index in [0.29, 0.717) is 22.2 Å². The van der Waals surface area contributed by atoms with Gasteiger partial charge in [-0.15, -0.1) is 0 Å². The maximum atomic E-state index is 14.4. The van der Waals surface area contributed by atoms with Crippen LogP contribution in [0.15, 0.2) is 48.7 Å². The van der Waals surface area contributed by atoms with E-state index in [9.17, 15) is 22.7 Å². The Hall–Kier alpha value is -2.87. The van der Waals surface area contributed by atoms with Crippen LogP contribution in [0.2, 0.25) is 0 Å². The van der Waals surface area contributed by atoms with E-state index in [1.165, 1.54) is 21.0 Å². The second kappa shape index (κ2) is 7.09. The predicted octanol–water partition coefficient (Wildman–Crippen LogP) is 5.20. The Labute approximate surface area is 176 Å². The van der Waals surface area contributed by atoms with Crippen molar-refractivity contribution < 1.29 is 27.4 Å². The Morgan fingerprint density at radius 3 is 2.61 bits per heavy atom. The van der Waals surface area contributed by atoms with Crippen LogP contribution < -0.4 is 10.1 Å². The normalized spacial score (nSPS) is 25.9. The average molecular weight is 434 g/mol. The molecular formula is C23H22F4N2O2. The second-order valence-electron chi connectivity index (χ2n) is 8.13. The number of fused-ring (bicyclic) bond motifs is 2. The van der Waals surface area contributed by atoms with E-state index in [0.717, 1.165) is 12.1 Å². The summed E-state index contributed by atoms with van der Waals surface area (Å²) in [4.78, 5) is 4.24. The van der Waals surface area contributed by atoms with Crippen LogP contribution in [0, 0.1) is 11.7 Å². The maximum absolute atomic E-state index is 14.4. The molecule has 8 heteroatoms. The Bertz CT molecular complexity index is 1140. The van der Waals surface area contributed by atoms with Gasteiger partial charge in [0.15, 0.2) is 5.60 Å². The molecule has 3 aromatic rings. The number of hydrogen-bond acceptors (Lipinski definition) is 4. The lowest BCUT2D eigenvalue weighted by Crippen LogP contribution is -2.68. The number of anilines is 1. The first-order valence-electron chi connectivity index (χ1n) is 9.81. The molecular weight excluding hydrogens is 412 g/mol. The Morgan fingerprint density at radius 1 is 1.19 bits per heavy atom. The molecule has 0 aliphatic heterocycles. The van der Waals surface area contributed by atoms with Crippen LogP contribution in [0.5, 0.6) is 5.75 Å². The van der Waals surface area contributed by atoms with Crippen molar-refractivity contribution in [2.45, 2.75) is 37.6 Å². The second-order valence-corrected chi connectivity index (χ2v) is 8.13. The zero-order valence-electron chi connectivity index (χ0n) is 17.2. The molecule has 0 saturated heterocycles. The summed E-state index contributed by atoms with van der Waals surface area (Å²) in [5, 5.41) is 14.8. The van der Waals surface area contributed by atoms with Gasteiger partial charge in [0.1, 0.15) is 11.6 Å². The van der Waals surface area contributed by atoms with Crippen molar-refractivity contribution in [3.63, 3.8) is 0 Å². The molecule has 0 spiro atoms. The van der Waals surface area contributed by atoms with Crippen molar-refractivity contribution in [3.05, 3.63) is 65.6 Å². The minimum Gasteiger partial charge on any atom is -0.496 e. The van der Waals surface area contributed by atoms with Gasteiger partial charge < -0.3 is 15.2 Å². The number of alkyl halides is 3. The number of methoxy groups -OCH3 is 1. The molecule has 0 bridgehead atoms. The molecule has 3 atom stereocenters. The number of benzene rings is 2. The van der Waals surface area contributed by atoms with Crippen LogP contribution in [-0.4, -0.2) is 29.0 Å². The first-order chi connectivity index (χ1) is 14.5. The third-order valence-corrected chi connectivity index (χ3v) is 6.38. The fourth-order valence-electron chi connectivity index (χ4n) is 4.81. The van der Waals surface area contributed by atoms with Gasteiger partial charge in [-0.1, -0.05) is 13.0 Å². The summed E-state index contributed by atoms with van der Waals surface area (Å²) < 4.78 is 63.0. The molecule has 1 aliphatic rings. The SMILES string of the molecule is COc1cc(F)cc2c1CC(C)C(O)(C(F)(F)F)C2(C)Nc1cccc2ncccc12. The van der Waals surface area contributed by atoms with Gasteiger partial charge in [-0.2, -0.15) is 13.2 Å². The lowest BCUT2D eigenvalue weighted by Gasteiger charge is -2.53. The number of rotatable bonds is 3. The van der Waals surface area contributed by atoms with Crippen molar-refractivity contribution in [2.75, 3.05) is 12.4 Å². The van der Waals surface area contributed by atoms with Crippen molar-refractivity contribution in [1.82, 2.24) is 4.98 Å². The quantitative estimate of drug-likeness (QED) is 0.557. The highest BCUT2D eigenvalue weighted by Gasteiger charge is 2.69. The molecule has 0 saturated carbocycles. The molecule has 2 N–H and O–H groups in total. The standard InChI is InChI=1S/C23H22F4N2O2/c1-13-10-16-17(11-14(24)12-20(16)31-3)21(2,22(13,30)23(25,26)27)29-19-8-4-7-18-15(19)6-5-9-28-18/h4-9,11-13,29-30H,10H2,1-3H3. The van der Waals surface area contributed by atoms with Crippen LogP contribution in [0.3, 0.4) is 0 Å². The van der Waals surface area contributed by atoms with Crippen LogP contribution in [0.25, 0.3) is 10.9 Å². The summed E-state index contributed by atoms with van der Waals surface area (Å²) >= 11 is 0. The molecule has 164 valence electrons. The summed E-state index contributed by atoms with van der Waals surface area (Å²) in [6.07, 6.45) is -3.53. The summed E-state index contributed by atoms with van der Waals surface area (Å²) in [7, 11) is 1.34. The Kier molecular flexibility index (Phi) is 4.88. The zero-order valence-corrected chi connectivity index (χ0v) is 17.2. The zero-order chi connectivity index (χ0) is 22.6. The Balaban J connectivity index is 2.02. The van der Waals surface area contributed by atoms with Crippen LogP contribution in [0.1, 0.15) is 25.0 Å². The number of aromatic nitrogens is 1. The molecule has 0 amide bonds. The monoisotopic (exact) mass is 434 g/mol. The van der Waals surface area contributed by atoms with Gasteiger partial charge in [-0.05, 0) is 49.2 Å². The van der Waals surface area contributed by atoms with Crippen molar-refractivity contribution in [1.29, 1.82) is 0 Å². The highest BCUT2D eigenvalue weighted by Crippen LogP contribution is 2.56. The van der Waals surface area contributed by atoms with Gasteiger partial charge in [-0.25, -0.2) is 4.39 Å². The van der Waals surface area contributed by atoms with E-state index in [1.807, 2.05) is 0 Å². The molecule has 4 nitrogen and oxygen atoms in total. The maximum Gasteiger partial charge on any atom is 0.420 e. The molecule has 3 unspecified atom stereocenters. The van der Waals surface area contributed by atoms with Crippen LogP contribution >= 0.6 is 0 Å². The van der Waals surface area contributed by atoms with Crippen LogP contribution in [0.4, 0.5) is 23.2 Å². The van der Waals surface area contributed by atoms with Crippen molar-refractivity contribution in [3.8, 4) is 5.75 Å². The minimum atomic E-state index is -4.99. The lowest BCUT2D eigenvalue weighted by molar-refractivity contribution is -0.302. The van der Waals surface area contributed by atoms with Gasteiger partial charge in [0.25, 0.3) is 0 Å². The van der Waals surface area contributed by atoms with E-state index in [4.69, 9.17) is 4.74 Å². The van der Waals surface area contributed by atoms with E-state index >= 15 is 0 Å². The first kappa shape index (κ1) is 21.4. The topological polar surface area (TPSA) is 54.4 Å². The van der Waals surface area contributed by atoms with Gasteiger partial charge >= 0.3 is 6.18 Å². The van der Waals surface area contributed by atoms with E-state index < -0.39 is 29.1 Å². The first-order valence-corrected chi connectivity index (χ1v) is 9.81. The molecule has 0 radical (unpaired) electrons. The van der Waals surface area contributed by atoms with E-state index in [1.54, 1.807) is 36.5 Å². The molecule has 0 fully saturated rings. The van der Waals surface area contributed by atoms with Crippen LogP contribution in [-0.2, 0) is 12.0 Å². The predicted molar refractivity (Wildman–Crippen MR) is 110 cm³/mol.